The second-order valence-electron chi connectivity index (χ2n) is 4.81. The minimum atomic E-state index is 0.642. The van der Waals surface area contributed by atoms with Crippen LogP contribution in [0, 0.1) is 18.3 Å². The molecule has 1 fully saturated rings. The Labute approximate surface area is 95.0 Å². The zero-order chi connectivity index (χ0) is 10.9. The van der Waals surface area contributed by atoms with Gasteiger partial charge in [-0.1, -0.05) is 32.1 Å². The highest BCUT2D eigenvalue weighted by molar-refractivity contribution is 4.85. The molecule has 0 amide bonds. The lowest BCUT2D eigenvalue weighted by Gasteiger charge is -2.23. The van der Waals surface area contributed by atoms with Crippen LogP contribution in [0.5, 0.6) is 0 Å². The van der Waals surface area contributed by atoms with Gasteiger partial charge in [0.2, 0.25) is 0 Å². The summed E-state index contributed by atoms with van der Waals surface area (Å²) >= 11 is 0. The smallest absolute Gasteiger partial charge is 0.0101 e. The number of rotatable bonds is 6. The fourth-order valence-corrected chi connectivity index (χ4v) is 2.60. The first-order valence-electron chi connectivity index (χ1n) is 6.47. The minimum Gasteiger partial charge on any atom is -0.317 e. The van der Waals surface area contributed by atoms with E-state index in [2.05, 4.69) is 18.3 Å². The molecule has 0 aliphatic heterocycles. The van der Waals surface area contributed by atoms with Gasteiger partial charge in [-0.05, 0) is 32.2 Å². The molecule has 0 bridgehead atoms. The van der Waals surface area contributed by atoms with Crippen molar-refractivity contribution in [1.82, 2.24) is 5.32 Å². The molecule has 0 heterocycles. The summed E-state index contributed by atoms with van der Waals surface area (Å²) in [7, 11) is 2.06. The molecule has 1 saturated carbocycles. The van der Waals surface area contributed by atoms with Gasteiger partial charge in [0.1, 0.15) is 0 Å². The molecule has 0 spiro atoms. The summed E-state index contributed by atoms with van der Waals surface area (Å²) in [4.78, 5) is 0. The number of hydrogen-bond donors (Lipinski definition) is 1. The van der Waals surface area contributed by atoms with Crippen LogP contribution >= 0.6 is 0 Å². The van der Waals surface area contributed by atoms with E-state index >= 15 is 0 Å². The summed E-state index contributed by atoms with van der Waals surface area (Å²) in [5.41, 5.74) is 0. The Morgan fingerprint density at radius 2 is 2.00 bits per heavy atom. The van der Waals surface area contributed by atoms with E-state index in [9.17, 15) is 0 Å². The van der Waals surface area contributed by atoms with Crippen LogP contribution in [0.3, 0.4) is 0 Å². The first-order chi connectivity index (χ1) is 7.36. The van der Waals surface area contributed by atoms with Crippen molar-refractivity contribution in [3.63, 3.8) is 0 Å². The third-order valence-corrected chi connectivity index (χ3v) is 3.69. The van der Waals surface area contributed by atoms with Crippen molar-refractivity contribution in [3.8, 4) is 12.3 Å². The Hall–Kier alpha value is -0.480. The Balaban J connectivity index is 2.12. The lowest BCUT2D eigenvalue weighted by atomic mass is 9.85. The van der Waals surface area contributed by atoms with Gasteiger partial charge in [-0.25, -0.2) is 0 Å². The molecule has 15 heavy (non-hydrogen) atoms. The zero-order valence-corrected chi connectivity index (χ0v) is 10.1. The second-order valence-corrected chi connectivity index (χ2v) is 4.81. The van der Waals surface area contributed by atoms with E-state index in [1.54, 1.807) is 0 Å². The van der Waals surface area contributed by atoms with Gasteiger partial charge < -0.3 is 5.32 Å². The highest BCUT2D eigenvalue weighted by Crippen LogP contribution is 2.28. The van der Waals surface area contributed by atoms with Gasteiger partial charge in [-0.15, -0.1) is 12.3 Å². The van der Waals surface area contributed by atoms with Gasteiger partial charge in [0.25, 0.3) is 0 Å². The van der Waals surface area contributed by atoms with Crippen molar-refractivity contribution in [1.29, 1.82) is 0 Å². The molecule has 1 aliphatic rings. The average Bonchev–Trinajstić information content (AvgIpc) is 2.31. The van der Waals surface area contributed by atoms with Crippen molar-refractivity contribution in [3.05, 3.63) is 0 Å². The molecule has 1 nitrogen and oxygen atoms in total. The highest BCUT2D eigenvalue weighted by Gasteiger charge is 2.15. The van der Waals surface area contributed by atoms with Gasteiger partial charge in [-0.2, -0.15) is 0 Å². The number of hydrogen-bond acceptors (Lipinski definition) is 1. The fourth-order valence-electron chi connectivity index (χ4n) is 2.60. The quantitative estimate of drug-likeness (QED) is 0.659. The summed E-state index contributed by atoms with van der Waals surface area (Å²) in [6.45, 7) is 0. The molecular weight excluding hydrogens is 182 g/mol. The molecule has 1 atom stereocenters. The summed E-state index contributed by atoms with van der Waals surface area (Å²) in [6.07, 6.45) is 17.4. The lowest BCUT2D eigenvalue weighted by molar-refractivity contribution is 0.313. The maximum absolute atomic E-state index is 5.29. The van der Waals surface area contributed by atoms with E-state index in [1.165, 1.54) is 44.9 Å². The molecule has 86 valence electrons. The normalized spacial score (nSPS) is 19.7. The lowest BCUT2D eigenvalue weighted by Crippen LogP contribution is -2.26. The Bertz CT molecular complexity index is 186. The van der Waals surface area contributed by atoms with Crippen molar-refractivity contribution < 1.29 is 0 Å². The van der Waals surface area contributed by atoms with Crippen molar-refractivity contribution in [2.75, 3.05) is 7.05 Å². The van der Waals surface area contributed by atoms with Crippen LogP contribution < -0.4 is 5.32 Å². The van der Waals surface area contributed by atoms with Gasteiger partial charge in [0, 0.05) is 12.5 Å². The van der Waals surface area contributed by atoms with Crippen LogP contribution in [-0.4, -0.2) is 13.1 Å². The standard InChI is InChI=1S/C14H25N/c1-3-4-10-14(15-2)12-11-13-8-6-5-7-9-13/h1,13-15H,4-12H2,2H3. The highest BCUT2D eigenvalue weighted by atomic mass is 14.9. The van der Waals surface area contributed by atoms with E-state index < -0.39 is 0 Å². The van der Waals surface area contributed by atoms with Crippen molar-refractivity contribution in [2.24, 2.45) is 5.92 Å². The zero-order valence-electron chi connectivity index (χ0n) is 10.1. The monoisotopic (exact) mass is 207 g/mol. The SMILES string of the molecule is C#CCCC(CCC1CCCCC1)NC. The molecule has 0 aromatic carbocycles. The molecule has 0 radical (unpaired) electrons. The molecule has 0 saturated heterocycles. The summed E-state index contributed by atoms with van der Waals surface area (Å²) < 4.78 is 0. The maximum atomic E-state index is 5.29. The van der Waals surface area contributed by atoms with Gasteiger partial charge in [0.15, 0.2) is 0 Å². The minimum absolute atomic E-state index is 0.642. The van der Waals surface area contributed by atoms with Gasteiger partial charge in [-0.3, -0.25) is 0 Å². The van der Waals surface area contributed by atoms with Gasteiger partial charge in [0.05, 0.1) is 0 Å². The molecular formula is C14H25N. The van der Waals surface area contributed by atoms with Crippen LogP contribution in [0.25, 0.3) is 0 Å². The molecule has 1 unspecified atom stereocenters. The number of terminal acetylenes is 1. The molecule has 1 N–H and O–H groups in total. The van der Waals surface area contributed by atoms with E-state index in [1.807, 2.05) is 0 Å². The van der Waals surface area contributed by atoms with E-state index in [4.69, 9.17) is 6.42 Å². The molecule has 1 aliphatic carbocycles. The first kappa shape index (κ1) is 12.6. The number of nitrogens with one attached hydrogen (secondary N) is 1. The van der Waals surface area contributed by atoms with E-state index in [0.29, 0.717) is 6.04 Å². The van der Waals surface area contributed by atoms with E-state index in [0.717, 1.165) is 18.8 Å². The second kappa shape index (κ2) is 7.77. The predicted molar refractivity (Wildman–Crippen MR) is 66.7 cm³/mol. The maximum Gasteiger partial charge on any atom is 0.0101 e. The molecule has 1 rings (SSSR count). The Kier molecular flexibility index (Phi) is 6.52. The van der Waals surface area contributed by atoms with Gasteiger partial charge >= 0.3 is 0 Å². The van der Waals surface area contributed by atoms with Crippen molar-refractivity contribution in [2.45, 2.75) is 63.8 Å². The summed E-state index contributed by atoms with van der Waals surface area (Å²) in [5, 5.41) is 3.38. The molecule has 1 heteroatoms. The van der Waals surface area contributed by atoms with Crippen LogP contribution in [-0.2, 0) is 0 Å². The van der Waals surface area contributed by atoms with E-state index in [-0.39, 0.29) is 0 Å². The fraction of sp³-hybridized carbons (Fsp3) is 0.857. The summed E-state index contributed by atoms with van der Waals surface area (Å²) in [5.74, 6) is 3.73. The van der Waals surface area contributed by atoms with Crippen LogP contribution in [0.15, 0.2) is 0 Å². The van der Waals surface area contributed by atoms with Crippen LogP contribution in [0.1, 0.15) is 57.8 Å². The predicted octanol–water partition coefficient (Wildman–Crippen LogP) is 3.35. The van der Waals surface area contributed by atoms with Crippen molar-refractivity contribution >= 4 is 0 Å². The molecule has 0 aromatic rings. The third kappa shape index (κ3) is 5.23. The molecule has 0 aromatic heterocycles. The Morgan fingerprint density at radius 3 is 2.60 bits per heavy atom. The van der Waals surface area contributed by atoms with Crippen LogP contribution in [0.4, 0.5) is 0 Å². The summed E-state index contributed by atoms with van der Waals surface area (Å²) in [6, 6.07) is 0.642. The first-order valence-corrected chi connectivity index (χ1v) is 6.47. The Morgan fingerprint density at radius 1 is 1.27 bits per heavy atom. The topological polar surface area (TPSA) is 12.0 Å². The van der Waals surface area contributed by atoms with Crippen LogP contribution in [0.2, 0.25) is 0 Å². The average molecular weight is 207 g/mol. The largest absolute Gasteiger partial charge is 0.317 e. The third-order valence-electron chi connectivity index (χ3n) is 3.69.